The summed E-state index contributed by atoms with van der Waals surface area (Å²) in [6.07, 6.45) is 3.44. The van der Waals surface area contributed by atoms with Crippen LogP contribution in [0.15, 0.2) is 0 Å². The number of hydrogen-bond acceptors (Lipinski definition) is 5. The first-order valence-corrected chi connectivity index (χ1v) is 7.01. The summed E-state index contributed by atoms with van der Waals surface area (Å²) >= 11 is 0. The summed E-state index contributed by atoms with van der Waals surface area (Å²) in [5.41, 5.74) is 0. The average molecular weight is 288 g/mol. The second-order valence-electron chi connectivity index (χ2n) is 5.18. The van der Waals surface area contributed by atoms with Gasteiger partial charge in [-0.05, 0) is 32.2 Å². The number of hydrogen-bond donors (Lipinski definition) is 2. The normalized spacial score (nSPS) is 20.6. The van der Waals surface area contributed by atoms with Crippen molar-refractivity contribution in [3.05, 3.63) is 0 Å². The predicted octanol–water partition coefficient (Wildman–Crippen LogP) is 0.703. The van der Waals surface area contributed by atoms with Gasteiger partial charge in [0.05, 0.1) is 13.2 Å². The molecular formula is C14H28N2O4. The maximum atomic E-state index is 10.5. The quantitative estimate of drug-likeness (QED) is 0.556. The minimum Gasteiger partial charge on any atom is -0.467 e. The van der Waals surface area contributed by atoms with Crippen molar-refractivity contribution < 1.29 is 19.1 Å². The third-order valence-corrected chi connectivity index (χ3v) is 3.30. The van der Waals surface area contributed by atoms with Gasteiger partial charge in [-0.2, -0.15) is 0 Å². The largest absolute Gasteiger partial charge is 0.467 e. The van der Waals surface area contributed by atoms with Crippen LogP contribution < -0.4 is 10.6 Å². The highest BCUT2D eigenvalue weighted by molar-refractivity contribution is 5.77. The van der Waals surface area contributed by atoms with E-state index in [0.29, 0.717) is 24.5 Å². The number of ether oxygens (including phenoxy) is 2. The molecule has 3 atom stereocenters. The molecule has 2 N–H and O–H groups in total. The number of rotatable bonds is 6. The summed E-state index contributed by atoms with van der Waals surface area (Å²) in [7, 11) is 3.08. The molecule has 2 unspecified atom stereocenters. The first-order chi connectivity index (χ1) is 9.47. The van der Waals surface area contributed by atoms with Gasteiger partial charge in [0.25, 0.3) is 0 Å². The Kier molecular flexibility index (Phi) is 10.0. The van der Waals surface area contributed by atoms with Crippen LogP contribution in [-0.2, 0) is 19.1 Å². The number of carbonyl (C=O) groups excluding carboxylic acids is 2. The number of amides is 1. The van der Waals surface area contributed by atoms with E-state index < -0.39 is 12.0 Å². The van der Waals surface area contributed by atoms with E-state index >= 15 is 0 Å². The molecule has 1 aliphatic heterocycles. The molecule has 0 aromatic heterocycles. The van der Waals surface area contributed by atoms with Crippen LogP contribution in [-0.4, -0.2) is 51.3 Å². The molecule has 0 spiro atoms. The van der Waals surface area contributed by atoms with E-state index in [9.17, 15) is 9.59 Å². The van der Waals surface area contributed by atoms with Crippen molar-refractivity contribution in [1.29, 1.82) is 0 Å². The lowest BCUT2D eigenvalue weighted by atomic mass is 9.98. The van der Waals surface area contributed by atoms with E-state index in [1.54, 1.807) is 6.92 Å². The van der Waals surface area contributed by atoms with E-state index in [4.69, 9.17) is 4.74 Å². The van der Waals surface area contributed by atoms with E-state index in [1.165, 1.54) is 20.0 Å². The van der Waals surface area contributed by atoms with Gasteiger partial charge in [-0.15, -0.1) is 0 Å². The molecule has 1 heterocycles. The van der Waals surface area contributed by atoms with Crippen LogP contribution >= 0.6 is 0 Å². The molecule has 1 saturated heterocycles. The van der Waals surface area contributed by atoms with Crippen LogP contribution in [0.4, 0.5) is 0 Å². The molecule has 1 rings (SSSR count). The summed E-state index contributed by atoms with van der Waals surface area (Å²) in [6, 6.07) is 0.0486. The highest BCUT2D eigenvalue weighted by Gasteiger charge is 2.26. The van der Waals surface area contributed by atoms with Crippen LogP contribution in [0.1, 0.15) is 33.6 Å². The molecule has 1 fully saturated rings. The summed E-state index contributed by atoms with van der Waals surface area (Å²) in [5.74, 6) is 0.178. The molecule has 1 aliphatic rings. The summed E-state index contributed by atoms with van der Waals surface area (Å²) in [6.45, 7) is 7.14. The van der Waals surface area contributed by atoms with E-state index in [0.717, 1.165) is 6.54 Å². The molecule has 0 saturated carbocycles. The van der Waals surface area contributed by atoms with E-state index in [-0.39, 0.29) is 0 Å². The lowest BCUT2D eigenvalue weighted by Gasteiger charge is -2.25. The van der Waals surface area contributed by atoms with Crippen molar-refractivity contribution in [3.8, 4) is 0 Å². The van der Waals surface area contributed by atoms with Crippen LogP contribution in [0.2, 0.25) is 0 Å². The Balaban J connectivity index is 0.000000370. The maximum Gasteiger partial charge on any atom is 0.328 e. The molecule has 0 radical (unpaired) electrons. The Morgan fingerprint density at radius 1 is 1.35 bits per heavy atom. The van der Waals surface area contributed by atoms with Crippen LogP contribution in [0.25, 0.3) is 0 Å². The Bertz CT molecular complexity index is 278. The monoisotopic (exact) mass is 288 g/mol. The highest BCUT2D eigenvalue weighted by atomic mass is 16.5. The van der Waals surface area contributed by atoms with Crippen LogP contribution in [0.5, 0.6) is 0 Å². The number of carbonyl (C=O) groups is 2. The minimum atomic E-state index is -0.549. The fourth-order valence-electron chi connectivity index (χ4n) is 2.24. The molecule has 0 bridgehead atoms. The lowest BCUT2D eigenvalue weighted by Crippen LogP contribution is -2.39. The zero-order chi connectivity index (χ0) is 15.5. The Hall–Kier alpha value is -1.14. The second-order valence-corrected chi connectivity index (χ2v) is 5.18. The van der Waals surface area contributed by atoms with Crippen molar-refractivity contribution in [2.75, 3.05) is 20.8 Å². The summed E-state index contributed by atoms with van der Waals surface area (Å²) in [5, 5.41) is 5.70. The minimum absolute atomic E-state index is 0.400. The van der Waals surface area contributed by atoms with Gasteiger partial charge < -0.3 is 20.1 Å². The first kappa shape index (κ1) is 18.9. The number of methoxy groups -OCH3 is 2. The van der Waals surface area contributed by atoms with Crippen molar-refractivity contribution in [1.82, 2.24) is 10.6 Å². The number of esters is 1. The Morgan fingerprint density at radius 3 is 2.35 bits per heavy atom. The molecule has 0 aliphatic carbocycles. The van der Waals surface area contributed by atoms with Crippen molar-refractivity contribution in [3.63, 3.8) is 0 Å². The van der Waals surface area contributed by atoms with E-state index in [1.807, 2.05) is 7.11 Å². The van der Waals surface area contributed by atoms with Crippen molar-refractivity contribution >= 4 is 12.4 Å². The molecule has 6 nitrogen and oxygen atoms in total. The average Bonchev–Trinajstić information content (AvgIpc) is 2.93. The third kappa shape index (κ3) is 6.86. The molecule has 20 heavy (non-hydrogen) atoms. The SMILES string of the molecule is COC(=O)[C@H](C)NC=O.COC(C(C)C)C1CCCN1. The molecule has 118 valence electrons. The smallest absolute Gasteiger partial charge is 0.328 e. The fourth-order valence-corrected chi connectivity index (χ4v) is 2.24. The zero-order valence-electron chi connectivity index (χ0n) is 13.1. The van der Waals surface area contributed by atoms with Crippen LogP contribution in [0, 0.1) is 5.92 Å². The third-order valence-electron chi connectivity index (χ3n) is 3.30. The van der Waals surface area contributed by atoms with Crippen molar-refractivity contribution in [2.24, 2.45) is 5.92 Å². The Morgan fingerprint density at radius 2 is 2.00 bits per heavy atom. The van der Waals surface area contributed by atoms with Gasteiger partial charge >= 0.3 is 5.97 Å². The first-order valence-electron chi connectivity index (χ1n) is 7.01. The molecule has 0 aromatic carbocycles. The molecular weight excluding hydrogens is 260 g/mol. The highest BCUT2D eigenvalue weighted by Crippen LogP contribution is 2.17. The van der Waals surface area contributed by atoms with Gasteiger partial charge in [-0.3, -0.25) is 4.79 Å². The lowest BCUT2D eigenvalue weighted by molar-refractivity contribution is -0.143. The van der Waals surface area contributed by atoms with Gasteiger partial charge in [0, 0.05) is 13.2 Å². The standard InChI is InChI=1S/C9H19NO.C5H9NO3/c1-7(2)9(11-3)8-5-4-6-10-8;1-4(6-3-7)5(8)9-2/h7-10H,4-6H2,1-3H3;3-4H,1-2H3,(H,6,7)/t;4-/m.0/s1. The van der Waals surface area contributed by atoms with E-state index in [2.05, 4.69) is 29.2 Å². The Labute approximate surface area is 121 Å². The number of nitrogens with one attached hydrogen (secondary N) is 2. The molecule has 6 heteroatoms. The van der Waals surface area contributed by atoms with Gasteiger partial charge in [0.15, 0.2) is 0 Å². The van der Waals surface area contributed by atoms with Crippen LogP contribution in [0.3, 0.4) is 0 Å². The topological polar surface area (TPSA) is 76.7 Å². The van der Waals surface area contributed by atoms with Crippen molar-refractivity contribution in [2.45, 2.75) is 51.8 Å². The molecule has 0 aromatic rings. The summed E-state index contributed by atoms with van der Waals surface area (Å²) < 4.78 is 9.74. The predicted molar refractivity (Wildman–Crippen MR) is 77.3 cm³/mol. The molecule has 1 amide bonds. The second kappa shape index (κ2) is 10.6. The summed E-state index contributed by atoms with van der Waals surface area (Å²) in [4.78, 5) is 20.2. The zero-order valence-corrected chi connectivity index (χ0v) is 13.1. The van der Waals surface area contributed by atoms with Gasteiger partial charge in [0.2, 0.25) is 6.41 Å². The van der Waals surface area contributed by atoms with Gasteiger partial charge in [-0.25, -0.2) is 4.79 Å². The van der Waals surface area contributed by atoms with Gasteiger partial charge in [0.1, 0.15) is 6.04 Å². The van der Waals surface area contributed by atoms with Gasteiger partial charge in [-0.1, -0.05) is 13.8 Å². The fraction of sp³-hybridized carbons (Fsp3) is 0.857. The maximum absolute atomic E-state index is 10.5.